The van der Waals surface area contributed by atoms with Crippen molar-refractivity contribution in [3.05, 3.63) is 66.2 Å². The van der Waals surface area contributed by atoms with E-state index >= 15 is 0 Å². The molecule has 18 heavy (non-hydrogen) atoms. The molecule has 1 saturated carbocycles. The summed E-state index contributed by atoms with van der Waals surface area (Å²) in [4.78, 5) is 1.40. The molecule has 0 aliphatic heterocycles. The first-order chi connectivity index (χ1) is 8.80. The van der Waals surface area contributed by atoms with Crippen molar-refractivity contribution in [1.82, 2.24) is 0 Å². The molecular formula is C17H18S. The predicted octanol–water partition coefficient (Wildman–Crippen LogP) is 5.12. The van der Waals surface area contributed by atoms with Gasteiger partial charge in [-0.15, -0.1) is 11.8 Å². The molecule has 0 amide bonds. The molecule has 3 rings (SSSR count). The standard InChI is InChI=1S/C17H18S/c1-14(15-8-4-2-5-9-15)17(12-13-17)18-16-10-6-3-7-11-16/h2-11,14H,12-13H2,1H3. The van der Waals surface area contributed by atoms with Gasteiger partial charge in [0.1, 0.15) is 0 Å². The Morgan fingerprint density at radius 1 is 0.889 bits per heavy atom. The van der Waals surface area contributed by atoms with Crippen LogP contribution in [0, 0.1) is 0 Å². The van der Waals surface area contributed by atoms with Gasteiger partial charge in [0.05, 0.1) is 0 Å². The summed E-state index contributed by atoms with van der Waals surface area (Å²) in [6.07, 6.45) is 2.67. The second-order valence-corrected chi connectivity index (χ2v) is 6.60. The van der Waals surface area contributed by atoms with Crippen molar-refractivity contribution in [1.29, 1.82) is 0 Å². The fourth-order valence-electron chi connectivity index (χ4n) is 2.52. The van der Waals surface area contributed by atoms with Gasteiger partial charge in [-0.1, -0.05) is 55.5 Å². The maximum atomic E-state index is 2.37. The molecular weight excluding hydrogens is 236 g/mol. The van der Waals surface area contributed by atoms with Crippen molar-refractivity contribution in [2.75, 3.05) is 0 Å². The van der Waals surface area contributed by atoms with E-state index in [4.69, 9.17) is 0 Å². The maximum Gasteiger partial charge on any atom is 0.0274 e. The van der Waals surface area contributed by atoms with Crippen molar-refractivity contribution < 1.29 is 0 Å². The molecule has 0 aromatic heterocycles. The van der Waals surface area contributed by atoms with Gasteiger partial charge in [-0.05, 0) is 36.5 Å². The minimum absolute atomic E-state index is 0.433. The molecule has 0 saturated heterocycles. The van der Waals surface area contributed by atoms with Crippen molar-refractivity contribution in [3.63, 3.8) is 0 Å². The second kappa shape index (κ2) is 4.81. The van der Waals surface area contributed by atoms with Crippen LogP contribution in [0.2, 0.25) is 0 Å². The fourth-order valence-corrected chi connectivity index (χ4v) is 3.90. The second-order valence-electron chi connectivity index (χ2n) is 5.11. The molecule has 92 valence electrons. The fraction of sp³-hybridized carbons (Fsp3) is 0.294. The monoisotopic (exact) mass is 254 g/mol. The van der Waals surface area contributed by atoms with E-state index in [1.165, 1.54) is 23.3 Å². The Kier molecular flexibility index (Phi) is 3.17. The smallest absolute Gasteiger partial charge is 0.0274 e. The Labute approximate surface area is 113 Å². The lowest BCUT2D eigenvalue weighted by Gasteiger charge is -2.23. The number of hydrogen-bond acceptors (Lipinski definition) is 1. The molecule has 1 aliphatic rings. The van der Waals surface area contributed by atoms with Gasteiger partial charge in [-0.2, -0.15) is 0 Å². The van der Waals surface area contributed by atoms with E-state index in [1.54, 1.807) is 0 Å². The van der Waals surface area contributed by atoms with Gasteiger partial charge < -0.3 is 0 Å². The van der Waals surface area contributed by atoms with Crippen LogP contribution in [-0.2, 0) is 0 Å². The van der Waals surface area contributed by atoms with Gasteiger partial charge in [0.2, 0.25) is 0 Å². The first-order valence-corrected chi connectivity index (χ1v) is 7.41. The number of rotatable bonds is 4. The lowest BCUT2D eigenvalue weighted by molar-refractivity contribution is 0.707. The quantitative estimate of drug-likeness (QED) is 0.730. The van der Waals surface area contributed by atoms with Crippen molar-refractivity contribution in [2.24, 2.45) is 0 Å². The Hall–Kier alpha value is -1.21. The Balaban J connectivity index is 1.79. The first kappa shape index (κ1) is 11.9. The summed E-state index contributed by atoms with van der Waals surface area (Å²) in [6, 6.07) is 21.7. The van der Waals surface area contributed by atoms with Crippen LogP contribution in [0.3, 0.4) is 0 Å². The zero-order chi connectivity index (χ0) is 12.4. The minimum Gasteiger partial charge on any atom is -0.119 e. The predicted molar refractivity (Wildman–Crippen MR) is 79.1 cm³/mol. The van der Waals surface area contributed by atoms with Gasteiger partial charge in [-0.25, -0.2) is 0 Å². The number of benzene rings is 2. The van der Waals surface area contributed by atoms with Crippen LogP contribution >= 0.6 is 11.8 Å². The normalized spacial score (nSPS) is 18.3. The van der Waals surface area contributed by atoms with Crippen molar-refractivity contribution in [3.8, 4) is 0 Å². The van der Waals surface area contributed by atoms with E-state index in [2.05, 4.69) is 79.3 Å². The molecule has 1 heteroatoms. The third kappa shape index (κ3) is 2.32. The lowest BCUT2D eigenvalue weighted by atomic mass is 9.96. The summed E-state index contributed by atoms with van der Waals surface area (Å²) >= 11 is 2.06. The largest absolute Gasteiger partial charge is 0.119 e. The molecule has 0 radical (unpaired) electrons. The Morgan fingerprint density at radius 3 is 2.00 bits per heavy atom. The van der Waals surface area contributed by atoms with Crippen LogP contribution < -0.4 is 0 Å². The Morgan fingerprint density at radius 2 is 1.44 bits per heavy atom. The Bertz CT molecular complexity index is 500. The molecule has 0 N–H and O–H groups in total. The topological polar surface area (TPSA) is 0 Å². The SMILES string of the molecule is CC(c1ccccc1)C1(Sc2ccccc2)CC1. The molecule has 1 unspecified atom stereocenters. The summed E-state index contributed by atoms with van der Waals surface area (Å²) in [5.74, 6) is 0.629. The highest BCUT2D eigenvalue weighted by molar-refractivity contribution is 8.01. The van der Waals surface area contributed by atoms with Gasteiger partial charge >= 0.3 is 0 Å². The molecule has 0 nitrogen and oxygen atoms in total. The van der Waals surface area contributed by atoms with Crippen LogP contribution in [-0.4, -0.2) is 4.75 Å². The maximum absolute atomic E-state index is 2.37. The highest BCUT2D eigenvalue weighted by Crippen LogP contribution is 2.59. The number of thioether (sulfide) groups is 1. The summed E-state index contributed by atoms with van der Waals surface area (Å²) in [6.45, 7) is 2.37. The van der Waals surface area contributed by atoms with E-state index in [1.807, 2.05) is 0 Å². The van der Waals surface area contributed by atoms with Gasteiger partial charge in [0.15, 0.2) is 0 Å². The minimum atomic E-state index is 0.433. The third-order valence-corrected chi connectivity index (χ3v) is 5.57. The van der Waals surface area contributed by atoms with Crippen LogP contribution in [0.5, 0.6) is 0 Å². The molecule has 0 spiro atoms. The van der Waals surface area contributed by atoms with E-state index in [0.717, 1.165) is 0 Å². The van der Waals surface area contributed by atoms with Gasteiger partial charge in [0, 0.05) is 9.64 Å². The van der Waals surface area contributed by atoms with Crippen LogP contribution in [0.1, 0.15) is 31.2 Å². The van der Waals surface area contributed by atoms with Crippen molar-refractivity contribution >= 4 is 11.8 Å². The summed E-state index contributed by atoms with van der Waals surface area (Å²) < 4.78 is 0.433. The molecule has 1 atom stereocenters. The first-order valence-electron chi connectivity index (χ1n) is 6.59. The number of hydrogen-bond donors (Lipinski definition) is 0. The van der Waals surface area contributed by atoms with Gasteiger partial charge in [-0.3, -0.25) is 0 Å². The van der Waals surface area contributed by atoms with Gasteiger partial charge in [0.25, 0.3) is 0 Å². The third-order valence-electron chi connectivity index (χ3n) is 3.90. The molecule has 0 heterocycles. The summed E-state index contributed by atoms with van der Waals surface area (Å²) in [7, 11) is 0. The van der Waals surface area contributed by atoms with Crippen LogP contribution in [0.25, 0.3) is 0 Å². The highest BCUT2D eigenvalue weighted by Gasteiger charge is 2.48. The van der Waals surface area contributed by atoms with Crippen LogP contribution in [0.15, 0.2) is 65.6 Å². The van der Waals surface area contributed by atoms with E-state index in [0.29, 0.717) is 10.7 Å². The summed E-state index contributed by atoms with van der Waals surface area (Å²) in [5, 5.41) is 0. The molecule has 1 aliphatic carbocycles. The molecule has 0 bridgehead atoms. The molecule has 2 aromatic carbocycles. The van der Waals surface area contributed by atoms with Crippen molar-refractivity contribution in [2.45, 2.75) is 35.3 Å². The zero-order valence-corrected chi connectivity index (χ0v) is 11.5. The average Bonchev–Trinajstić information content (AvgIpc) is 3.21. The van der Waals surface area contributed by atoms with E-state index in [-0.39, 0.29) is 0 Å². The molecule has 2 aromatic rings. The van der Waals surface area contributed by atoms with E-state index in [9.17, 15) is 0 Å². The van der Waals surface area contributed by atoms with Crippen LogP contribution in [0.4, 0.5) is 0 Å². The zero-order valence-electron chi connectivity index (χ0n) is 10.7. The summed E-state index contributed by atoms with van der Waals surface area (Å²) in [5.41, 5.74) is 1.47. The van der Waals surface area contributed by atoms with E-state index < -0.39 is 0 Å². The average molecular weight is 254 g/mol. The lowest BCUT2D eigenvalue weighted by Crippen LogP contribution is -2.13. The molecule has 1 fully saturated rings. The highest BCUT2D eigenvalue weighted by atomic mass is 32.2.